The highest BCUT2D eigenvalue weighted by Crippen LogP contribution is 2.29. The van der Waals surface area contributed by atoms with E-state index in [0.29, 0.717) is 42.3 Å². The van der Waals surface area contributed by atoms with Gasteiger partial charge in [0.15, 0.2) is 5.88 Å². The van der Waals surface area contributed by atoms with Crippen LogP contribution in [0.1, 0.15) is 29.8 Å². The standard InChI is InChI=1S/C18H21N5O3/c24-16-9-23(4-3-19-16)17-5-10-8-20-14(7-15(10)26-17)18(25)22-13-6-11-1-2-12(13)21-11/h5,7-8,11-13,21H,1-4,6,9H2,(H,19,24)(H,22,25)/t11-,12+,13-/m1/s1. The second kappa shape index (κ2) is 5.98. The van der Waals surface area contributed by atoms with E-state index in [0.717, 1.165) is 18.2 Å². The van der Waals surface area contributed by atoms with E-state index >= 15 is 0 Å². The largest absolute Gasteiger partial charge is 0.440 e. The number of rotatable bonds is 3. The number of nitrogens with one attached hydrogen (secondary N) is 3. The van der Waals surface area contributed by atoms with Crippen LogP contribution in [0.5, 0.6) is 0 Å². The number of fused-ring (bicyclic) bond motifs is 3. The minimum Gasteiger partial charge on any atom is -0.440 e. The molecule has 0 radical (unpaired) electrons. The van der Waals surface area contributed by atoms with Crippen molar-refractivity contribution in [1.82, 2.24) is 20.9 Å². The van der Waals surface area contributed by atoms with Crippen LogP contribution < -0.4 is 20.9 Å². The monoisotopic (exact) mass is 355 g/mol. The fraction of sp³-hybridized carbons (Fsp3) is 0.500. The van der Waals surface area contributed by atoms with Crippen molar-refractivity contribution in [2.75, 3.05) is 24.5 Å². The van der Waals surface area contributed by atoms with Gasteiger partial charge < -0.3 is 25.3 Å². The summed E-state index contributed by atoms with van der Waals surface area (Å²) in [4.78, 5) is 30.3. The number of piperazine rings is 1. The summed E-state index contributed by atoms with van der Waals surface area (Å²) in [6.45, 7) is 1.57. The van der Waals surface area contributed by atoms with Gasteiger partial charge in [-0.25, -0.2) is 0 Å². The molecule has 0 unspecified atom stereocenters. The molecule has 136 valence electrons. The predicted molar refractivity (Wildman–Crippen MR) is 95.0 cm³/mol. The second-order valence-corrected chi connectivity index (χ2v) is 7.33. The van der Waals surface area contributed by atoms with Gasteiger partial charge in [-0.15, -0.1) is 0 Å². The molecule has 3 aliphatic heterocycles. The summed E-state index contributed by atoms with van der Waals surface area (Å²) in [7, 11) is 0. The number of carbonyl (C=O) groups is 2. The molecule has 3 saturated heterocycles. The molecule has 5 heterocycles. The molecule has 8 heteroatoms. The number of anilines is 1. The average molecular weight is 355 g/mol. The van der Waals surface area contributed by atoms with Crippen molar-refractivity contribution in [2.24, 2.45) is 0 Å². The van der Waals surface area contributed by atoms with Gasteiger partial charge in [0.1, 0.15) is 11.3 Å². The van der Waals surface area contributed by atoms with E-state index in [1.165, 1.54) is 6.42 Å². The number of amides is 2. The van der Waals surface area contributed by atoms with E-state index < -0.39 is 0 Å². The summed E-state index contributed by atoms with van der Waals surface area (Å²) in [6.07, 6.45) is 4.96. The third-order valence-corrected chi connectivity index (χ3v) is 5.59. The first kappa shape index (κ1) is 15.6. The first-order chi connectivity index (χ1) is 12.7. The third kappa shape index (κ3) is 2.70. The Balaban J connectivity index is 1.34. The second-order valence-electron chi connectivity index (χ2n) is 7.33. The number of hydrogen-bond donors (Lipinski definition) is 3. The molecule has 0 saturated carbocycles. The van der Waals surface area contributed by atoms with Gasteiger partial charge in [0, 0.05) is 54.9 Å². The van der Waals surface area contributed by atoms with Crippen LogP contribution in [0.4, 0.5) is 5.88 Å². The molecular formula is C18H21N5O3. The zero-order valence-corrected chi connectivity index (χ0v) is 14.3. The van der Waals surface area contributed by atoms with Crippen molar-refractivity contribution < 1.29 is 14.0 Å². The quantitative estimate of drug-likeness (QED) is 0.736. The normalized spacial score (nSPS) is 27.8. The maximum atomic E-state index is 12.6. The summed E-state index contributed by atoms with van der Waals surface area (Å²) in [5, 5.41) is 10.2. The van der Waals surface area contributed by atoms with Crippen molar-refractivity contribution >= 4 is 28.7 Å². The first-order valence-electron chi connectivity index (χ1n) is 9.14. The SMILES string of the molecule is O=C1CN(c2cc3cnc(C(=O)N[C@@H]4C[C@H]5CC[C@@H]4N5)cc3o2)CCN1. The highest BCUT2D eigenvalue weighted by Gasteiger charge is 2.39. The van der Waals surface area contributed by atoms with Crippen LogP contribution in [0, 0.1) is 0 Å². The fourth-order valence-electron chi connectivity index (χ4n) is 4.25. The number of pyridine rings is 1. The average Bonchev–Trinajstić information content (AvgIpc) is 3.36. The van der Waals surface area contributed by atoms with Gasteiger partial charge in [-0.05, 0) is 19.3 Å². The lowest BCUT2D eigenvalue weighted by atomic mass is 9.95. The third-order valence-electron chi connectivity index (χ3n) is 5.59. The molecule has 3 fully saturated rings. The number of aromatic nitrogens is 1. The first-order valence-corrected chi connectivity index (χ1v) is 9.14. The molecule has 2 aromatic heterocycles. The molecule has 0 aromatic carbocycles. The van der Waals surface area contributed by atoms with E-state index in [1.807, 2.05) is 11.0 Å². The van der Waals surface area contributed by atoms with E-state index in [9.17, 15) is 9.59 Å². The molecule has 0 aliphatic carbocycles. The Morgan fingerprint density at radius 2 is 2.27 bits per heavy atom. The van der Waals surface area contributed by atoms with E-state index in [-0.39, 0.29) is 24.4 Å². The highest BCUT2D eigenvalue weighted by molar-refractivity contribution is 5.96. The Hall–Kier alpha value is -2.61. The van der Waals surface area contributed by atoms with Crippen LogP contribution in [-0.4, -0.2) is 54.6 Å². The number of furan rings is 1. The van der Waals surface area contributed by atoms with Crippen LogP contribution in [0.15, 0.2) is 22.7 Å². The Morgan fingerprint density at radius 1 is 1.35 bits per heavy atom. The number of hydrogen-bond acceptors (Lipinski definition) is 6. The molecule has 0 spiro atoms. The predicted octanol–water partition coefficient (Wildman–Crippen LogP) is 0.387. The Morgan fingerprint density at radius 3 is 3.04 bits per heavy atom. The van der Waals surface area contributed by atoms with Crippen molar-refractivity contribution in [3.05, 3.63) is 24.0 Å². The lowest BCUT2D eigenvalue weighted by Crippen LogP contribution is -2.47. The summed E-state index contributed by atoms with van der Waals surface area (Å²) < 4.78 is 5.88. The zero-order chi connectivity index (χ0) is 17.7. The van der Waals surface area contributed by atoms with Gasteiger partial charge in [-0.2, -0.15) is 0 Å². The Kier molecular flexibility index (Phi) is 3.59. The van der Waals surface area contributed by atoms with E-state index in [4.69, 9.17) is 4.42 Å². The highest BCUT2D eigenvalue weighted by atomic mass is 16.4. The zero-order valence-electron chi connectivity index (χ0n) is 14.3. The molecule has 2 aromatic rings. The van der Waals surface area contributed by atoms with Crippen LogP contribution in [0.2, 0.25) is 0 Å². The summed E-state index contributed by atoms with van der Waals surface area (Å²) >= 11 is 0. The van der Waals surface area contributed by atoms with Crippen LogP contribution >= 0.6 is 0 Å². The van der Waals surface area contributed by atoms with Gasteiger partial charge in [0.25, 0.3) is 5.91 Å². The van der Waals surface area contributed by atoms with Crippen LogP contribution in [0.25, 0.3) is 11.0 Å². The minimum absolute atomic E-state index is 0.0191. The van der Waals surface area contributed by atoms with E-state index in [1.54, 1.807) is 12.3 Å². The Labute approximate surface area is 150 Å². The topological polar surface area (TPSA) is 99.5 Å². The summed E-state index contributed by atoms with van der Waals surface area (Å²) in [5.41, 5.74) is 0.967. The Bertz CT molecular complexity index is 879. The molecule has 5 rings (SSSR count). The molecule has 26 heavy (non-hydrogen) atoms. The van der Waals surface area contributed by atoms with Crippen molar-refractivity contribution in [3.8, 4) is 0 Å². The van der Waals surface area contributed by atoms with Gasteiger partial charge in [0.2, 0.25) is 5.91 Å². The smallest absolute Gasteiger partial charge is 0.270 e. The molecular weight excluding hydrogens is 334 g/mol. The molecule has 3 aliphatic rings. The van der Waals surface area contributed by atoms with Crippen LogP contribution in [0.3, 0.4) is 0 Å². The van der Waals surface area contributed by atoms with Gasteiger partial charge in [-0.1, -0.05) is 0 Å². The van der Waals surface area contributed by atoms with Crippen molar-refractivity contribution in [3.63, 3.8) is 0 Å². The van der Waals surface area contributed by atoms with Gasteiger partial charge in [0.05, 0.1) is 6.54 Å². The summed E-state index contributed by atoms with van der Waals surface area (Å²) in [6, 6.07) is 4.64. The minimum atomic E-state index is -0.165. The molecule has 2 bridgehead atoms. The molecule has 3 atom stereocenters. The molecule has 2 amide bonds. The van der Waals surface area contributed by atoms with Crippen molar-refractivity contribution in [1.29, 1.82) is 0 Å². The number of nitrogens with zero attached hydrogens (tertiary/aromatic N) is 2. The van der Waals surface area contributed by atoms with Crippen molar-refractivity contribution in [2.45, 2.75) is 37.4 Å². The molecule has 8 nitrogen and oxygen atoms in total. The maximum absolute atomic E-state index is 12.6. The lowest BCUT2D eigenvalue weighted by molar-refractivity contribution is -0.120. The fourth-order valence-corrected chi connectivity index (χ4v) is 4.25. The van der Waals surface area contributed by atoms with Crippen LogP contribution in [-0.2, 0) is 4.79 Å². The van der Waals surface area contributed by atoms with E-state index in [2.05, 4.69) is 20.9 Å². The molecule has 3 N–H and O–H groups in total. The van der Waals surface area contributed by atoms with Gasteiger partial charge >= 0.3 is 0 Å². The lowest BCUT2D eigenvalue weighted by Gasteiger charge is -2.25. The summed E-state index contributed by atoms with van der Waals surface area (Å²) in [5.74, 6) is 0.447. The maximum Gasteiger partial charge on any atom is 0.270 e. The number of carbonyl (C=O) groups excluding carboxylic acids is 2. The van der Waals surface area contributed by atoms with Gasteiger partial charge in [-0.3, -0.25) is 14.6 Å².